The van der Waals surface area contributed by atoms with E-state index in [4.69, 9.17) is 5.11 Å². The molecule has 0 aromatic heterocycles. The molecule has 1 aliphatic rings. The van der Waals surface area contributed by atoms with E-state index in [-0.39, 0.29) is 19.4 Å². The van der Waals surface area contributed by atoms with Crippen LogP contribution in [0.5, 0.6) is 0 Å². The molecule has 1 aliphatic carbocycles. The Labute approximate surface area is 96.4 Å². The molecule has 1 rings (SSSR count). The van der Waals surface area contributed by atoms with Crippen LogP contribution in [0.15, 0.2) is 12.7 Å². The van der Waals surface area contributed by atoms with Crippen molar-refractivity contribution in [2.45, 2.75) is 25.3 Å². The lowest BCUT2D eigenvalue weighted by molar-refractivity contribution is -0.143. The number of hydrogen-bond acceptors (Lipinski definition) is 3. The van der Waals surface area contributed by atoms with E-state index in [9.17, 15) is 18.4 Å². The maximum absolute atomic E-state index is 12.7. The van der Waals surface area contributed by atoms with Crippen LogP contribution < -0.4 is 5.32 Å². The zero-order valence-electron chi connectivity index (χ0n) is 8.99. The van der Waals surface area contributed by atoms with Crippen molar-refractivity contribution in [2.24, 2.45) is 5.41 Å². The summed E-state index contributed by atoms with van der Waals surface area (Å²) >= 11 is 0. The molecule has 7 heteroatoms. The molecule has 0 radical (unpaired) electrons. The number of amides is 1. The minimum atomic E-state index is -2.79. The maximum atomic E-state index is 12.7. The highest BCUT2D eigenvalue weighted by Crippen LogP contribution is 2.53. The van der Waals surface area contributed by atoms with Crippen LogP contribution in [0, 0.1) is 5.41 Å². The largest absolute Gasteiger partial charge is 0.480 e. The Hall–Kier alpha value is -1.66. The Balaban J connectivity index is 2.65. The minimum absolute atomic E-state index is 0.0728. The van der Waals surface area contributed by atoms with Crippen LogP contribution in [-0.4, -0.2) is 36.2 Å². The summed E-state index contributed by atoms with van der Waals surface area (Å²) in [6.45, 7) is 3.18. The summed E-state index contributed by atoms with van der Waals surface area (Å²) < 4.78 is 29.9. The Morgan fingerprint density at radius 3 is 2.47 bits per heavy atom. The normalized spacial score (nSPS) is 18.3. The van der Waals surface area contributed by atoms with E-state index in [1.165, 1.54) is 6.08 Å². The van der Waals surface area contributed by atoms with E-state index in [1.807, 2.05) is 5.32 Å². The van der Waals surface area contributed by atoms with Gasteiger partial charge in [-0.25, -0.2) is 18.4 Å². The molecule has 1 amide bonds. The maximum Gasteiger partial charge on any atom is 0.408 e. The number of hydrogen-bond donors (Lipinski definition) is 2. The first-order valence-electron chi connectivity index (χ1n) is 4.99. The van der Waals surface area contributed by atoms with Gasteiger partial charge >= 0.3 is 12.1 Å². The van der Waals surface area contributed by atoms with Gasteiger partial charge in [-0.3, -0.25) is 0 Å². The monoisotopic (exact) mass is 249 g/mol. The molecule has 1 unspecified atom stereocenters. The summed E-state index contributed by atoms with van der Waals surface area (Å²) in [5.41, 5.74) is -1.65. The molecule has 2 N–H and O–H groups in total. The van der Waals surface area contributed by atoms with Crippen LogP contribution in [-0.2, 0) is 9.53 Å². The second-order valence-corrected chi connectivity index (χ2v) is 3.84. The molecule has 1 atom stereocenters. The molecule has 96 valence electrons. The molecule has 0 spiro atoms. The number of aliphatic carboxylic acids is 1. The number of ether oxygens (including phenoxy) is 1. The standard InChI is InChI=1S/C10H13F2NO4/c1-2-5-17-9(16)13-6(7(14)15)10(3-4-10)8(11)12/h2,6,8H,1,3-5H2,(H,13,16)(H,14,15). The summed E-state index contributed by atoms with van der Waals surface area (Å²) in [4.78, 5) is 22.0. The average Bonchev–Trinajstić information content (AvgIpc) is 3.03. The number of carbonyl (C=O) groups is 2. The van der Waals surface area contributed by atoms with Gasteiger partial charge in [0.05, 0.1) is 5.41 Å². The van der Waals surface area contributed by atoms with Gasteiger partial charge in [0.25, 0.3) is 0 Å². The van der Waals surface area contributed by atoms with Gasteiger partial charge in [0, 0.05) is 0 Å². The van der Waals surface area contributed by atoms with Crippen LogP contribution in [0.1, 0.15) is 12.8 Å². The Morgan fingerprint density at radius 1 is 1.53 bits per heavy atom. The molecule has 0 aromatic rings. The number of rotatable bonds is 6. The van der Waals surface area contributed by atoms with Crippen molar-refractivity contribution in [3.63, 3.8) is 0 Å². The molecule has 0 heterocycles. The fourth-order valence-corrected chi connectivity index (χ4v) is 1.52. The SMILES string of the molecule is C=CCOC(=O)NC(C(=O)O)C1(C(F)F)CC1. The minimum Gasteiger partial charge on any atom is -0.480 e. The number of carboxylic acids is 1. The number of carboxylic acid groups (broad SMARTS) is 1. The second-order valence-electron chi connectivity index (χ2n) is 3.84. The van der Waals surface area contributed by atoms with Crippen LogP contribution in [0.4, 0.5) is 13.6 Å². The zero-order chi connectivity index (χ0) is 13.1. The molecule has 0 aliphatic heterocycles. The van der Waals surface area contributed by atoms with Gasteiger partial charge in [-0.15, -0.1) is 0 Å². The van der Waals surface area contributed by atoms with Crippen molar-refractivity contribution in [1.29, 1.82) is 0 Å². The topological polar surface area (TPSA) is 75.6 Å². The van der Waals surface area contributed by atoms with Gasteiger partial charge in [0.2, 0.25) is 6.43 Å². The number of nitrogens with one attached hydrogen (secondary N) is 1. The summed E-state index contributed by atoms with van der Waals surface area (Å²) in [6.07, 6.45) is -2.39. The molecular weight excluding hydrogens is 236 g/mol. The Bertz CT molecular complexity index is 328. The smallest absolute Gasteiger partial charge is 0.408 e. The van der Waals surface area contributed by atoms with E-state index in [1.54, 1.807) is 0 Å². The Kier molecular flexibility index (Phi) is 4.03. The summed E-state index contributed by atoms with van der Waals surface area (Å²) in [6, 6.07) is -1.63. The summed E-state index contributed by atoms with van der Waals surface area (Å²) in [5, 5.41) is 10.8. The molecule has 1 saturated carbocycles. The lowest BCUT2D eigenvalue weighted by Gasteiger charge is -2.23. The van der Waals surface area contributed by atoms with E-state index in [2.05, 4.69) is 11.3 Å². The van der Waals surface area contributed by atoms with Crippen LogP contribution in [0.3, 0.4) is 0 Å². The van der Waals surface area contributed by atoms with Crippen LogP contribution in [0.2, 0.25) is 0 Å². The third-order valence-corrected chi connectivity index (χ3v) is 2.68. The first kappa shape index (κ1) is 13.4. The lowest BCUT2D eigenvalue weighted by atomic mass is 9.97. The summed E-state index contributed by atoms with van der Waals surface area (Å²) in [7, 11) is 0. The second kappa shape index (κ2) is 5.11. The fourth-order valence-electron chi connectivity index (χ4n) is 1.52. The predicted molar refractivity (Wildman–Crippen MR) is 53.8 cm³/mol. The molecule has 0 bridgehead atoms. The summed E-state index contributed by atoms with van der Waals surface area (Å²) in [5.74, 6) is -1.49. The van der Waals surface area contributed by atoms with Crippen LogP contribution >= 0.6 is 0 Å². The van der Waals surface area contributed by atoms with Crippen molar-refractivity contribution < 1.29 is 28.2 Å². The number of carbonyl (C=O) groups excluding carboxylic acids is 1. The number of alkyl carbamates (subject to hydrolysis) is 1. The highest BCUT2D eigenvalue weighted by Gasteiger charge is 2.60. The van der Waals surface area contributed by atoms with Crippen molar-refractivity contribution >= 4 is 12.1 Å². The molecule has 1 fully saturated rings. The zero-order valence-corrected chi connectivity index (χ0v) is 8.99. The van der Waals surface area contributed by atoms with Crippen molar-refractivity contribution in [3.05, 3.63) is 12.7 Å². The van der Waals surface area contributed by atoms with Crippen molar-refractivity contribution in [3.8, 4) is 0 Å². The molecule has 17 heavy (non-hydrogen) atoms. The van der Waals surface area contributed by atoms with Gasteiger partial charge < -0.3 is 15.2 Å². The highest BCUT2D eigenvalue weighted by atomic mass is 19.3. The van der Waals surface area contributed by atoms with E-state index < -0.39 is 29.9 Å². The van der Waals surface area contributed by atoms with Gasteiger partial charge in [-0.05, 0) is 12.8 Å². The predicted octanol–water partition coefficient (Wildman–Crippen LogP) is 1.40. The number of alkyl halides is 2. The fraction of sp³-hybridized carbons (Fsp3) is 0.600. The third kappa shape index (κ3) is 2.92. The Morgan fingerprint density at radius 2 is 2.12 bits per heavy atom. The van der Waals surface area contributed by atoms with Crippen molar-refractivity contribution in [2.75, 3.05) is 6.61 Å². The first-order chi connectivity index (χ1) is 7.94. The molecule has 0 saturated heterocycles. The van der Waals surface area contributed by atoms with Crippen molar-refractivity contribution in [1.82, 2.24) is 5.32 Å². The van der Waals surface area contributed by atoms with E-state index in [0.717, 1.165) is 0 Å². The van der Waals surface area contributed by atoms with Gasteiger partial charge in [0.15, 0.2) is 0 Å². The van der Waals surface area contributed by atoms with E-state index >= 15 is 0 Å². The first-order valence-corrected chi connectivity index (χ1v) is 4.99. The highest BCUT2D eigenvalue weighted by molar-refractivity contribution is 5.81. The molecule has 5 nitrogen and oxygen atoms in total. The molecule has 0 aromatic carbocycles. The molecular formula is C10H13F2NO4. The van der Waals surface area contributed by atoms with Gasteiger partial charge in [0.1, 0.15) is 12.6 Å². The number of halogens is 2. The quantitative estimate of drug-likeness (QED) is 0.697. The van der Waals surface area contributed by atoms with Gasteiger partial charge in [-0.1, -0.05) is 12.7 Å². The van der Waals surface area contributed by atoms with Crippen LogP contribution in [0.25, 0.3) is 0 Å². The third-order valence-electron chi connectivity index (χ3n) is 2.68. The average molecular weight is 249 g/mol. The lowest BCUT2D eigenvalue weighted by Crippen LogP contribution is -2.49. The van der Waals surface area contributed by atoms with E-state index in [0.29, 0.717) is 0 Å². The van der Waals surface area contributed by atoms with Gasteiger partial charge in [-0.2, -0.15) is 0 Å².